The second kappa shape index (κ2) is 5.97. The number of para-hydroxylation sites is 1. The van der Waals surface area contributed by atoms with Crippen LogP contribution in [-0.4, -0.2) is 26.4 Å². The zero-order chi connectivity index (χ0) is 13.9. The van der Waals surface area contributed by atoms with Gasteiger partial charge in [0.05, 0.1) is 22.8 Å². The summed E-state index contributed by atoms with van der Waals surface area (Å²) in [6.45, 7) is 0. The van der Waals surface area contributed by atoms with E-state index in [0.717, 1.165) is 42.8 Å². The molecule has 20 heavy (non-hydrogen) atoms. The van der Waals surface area contributed by atoms with E-state index >= 15 is 0 Å². The van der Waals surface area contributed by atoms with Gasteiger partial charge in [-0.1, -0.05) is 12.1 Å². The number of nitrogens with zero attached hydrogens (tertiary/aromatic N) is 1. The lowest BCUT2D eigenvalue weighted by Crippen LogP contribution is -2.20. The Labute approximate surface area is 121 Å². The molecule has 0 saturated heterocycles. The zero-order valence-electron chi connectivity index (χ0n) is 11.2. The molecule has 1 aromatic carbocycles. The molecule has 2 aromatic rings. The van der Waals surface area contributed by atoms with Gasteiger partial charge in [-0.05, 0) is 37.8 Å². The average Bonchev–Trinajstić information content (AvgIpc) is 2.47. The van der Waals surface area contributed by atoms with Crippen LogP contribution < -0.4 is 5.56 Å². The van der Waals surface area contributed by atoms with E-state index in [0.29, 0.717) is 10.6 Å². The van der Waals surface area contributed by atoms with Crippen molar-refractivity contribution in [2.24, 2.45) is 0 Å². The number of aromatic amines is 1. The van der Waals surface area contributed by atoms with E-state index in [1.54, 1.807) is 6.07 Å². The minimum absolute atomic E-state index is 0.0646. The van der Waals surface area contributed by atoms with Crippen molar-refractivity contribution in [2.75, 3.05) is 0 Å². The zero-order valence-corrected chi connectivity index (χ0v) is 12.0. The van der Waals surface area contributed by atoms with E-state index in [1.165, 1.54) is 0 Å². The number of aliphatic hydroxyl groups is 1. The summed E-state index contributed by atoms with van der Waals surface area (Å²) in [5.41, 5.74) is 0.691. The maximum Gasteiger partial charge on any atom is 0.258 e. The molecule has 0 spiro atoms. The Morgan fingerprint density at radius 1 is 1.25 bits per heavy atom. The summed E-state index contributed by atoms with van der Waals surface area (Å²) in [7, 11) is 0. The summed E-state index contributed by atoms with van der Waals surface area (Å²) in [4.78, 5) is 19.3. The Hall–Kier alpha value is -1.33. The van der Waals surface area contributed by atoms with E-state index in [9.17, 15) is 9.90 Å². The molecular formula is C15H18N2O2S. The highest BCUT2D eigenvalue weighted by Crippen LogP contribution is 2.30. The number of thioether (sulfide) groups is 1. The predicted molar refractivity (Wildman–Crippen MR) is 81.9 cm³/mol. The molecule has 1 fully saturated rings. The first-order valence-electron chi connectivity index (χ1n) is 7.00. The largest absolute Gasteiger partial charge is 0.393 e. The van der Waals surface area contributed by atoms with Crippen LogP contribution in [0.25, 0.3) is 10.9 Å². The molecule has 106 valence electrons. The Morgan fingerprint density at radius 3 is 2.80 bits per heavy atom. The summed E-state index contributed by atoms with van der Waals surface area (Å²) in [5, 5.41) is 10.7. The molecule has 0 amide bonds. The Morgan fingerprint density at radius 2 is 2.00 bits per heavy atom. The summed E-state index contributed by atoms with van der Waals surface area (Å²) in [5.74, 6) is 1.46. The van der Waals surface area contributed by atoms with Gasteiger partial charge in [0.15, 0.2) is 0 Å². The highest BCUT2D eigenvalue weighted by atomic mass is 32.2. The molecule has 0 atom stereocenters. The Bertz CT molecular complexity index is 648. The van der Waals surface area contributed by atoms with Gasteiger partial charge >= 0.3 is 0 Å². The Balaban J connectivity index is 1.70. The van der Waals surface area contributed by atoms with Gasteiger partial charge in [-0.3, -0.25) is 4.79 Å². The first-order valence-corrected chi connectivity index (χ1v) is 8.05. The van der Waals surface area contributed by atoms with E-state index in [1.807, 2.05) is 30.0 Å². The van der Waals surface area contributed by atoms with Crippen molar-refractivity contribution in [3.63, 3.8) is 0 Å². The second-order valence-electron chi connectivity index (χ2n) is 5.27. The van der Waals surface area contributed by atoms with E-state index in [-0.39, 0.29) is 11.7 Å². The summed E-state index contributed by atoms with van der Waals surface area (Å²) in [6.07, 6.45) is 3.75. The van der Waals surface area contributed by atoms with Gasteiger partial charge in [-0.25, -0.2) is 4.98 Å². The van der Waals surface area contributed by atoms with Crippen molar-refractivity contribution < 1.29 is 5.11 Å². The van der Waals surface area contributed by atoms with Crippen LogP contribution in [-0.2, 0) is 5.75 Å². The molecule has 0 radical (unpaired) electrons. The third kappa shape index (κ3) is 3.04. The summed E-state index contributed by atoms with van der Waals surface area (Å²) >= 11 is 1.83. The van der Waals surface area contributed by atoms with Crippen LogP contribution in [0.1, 0.15) is 31.5 Å². The normalized spacial score (nSPS) is 23.1. The fourth-order valence-corrected chi connectivity index (χ4v) is 3.75. The molecule has 1 heterocycles. The quantitative estimate of drug-likeness (QED) is 0.911. The van der Waals surface area contributed by atoms with Crippen molar-refractivity contribution >= 4 is 22.7 Å². The third-order valence-corrected chi connectivity index (χ3v) is 5.14. The van der Waals surface area contributed by atoms with Crippen molar-refractivity contribution in [1.82, 2.24) is 9.97 Å². The van der Waals surface area contributed by atoms with Crippen molar-refractivity contribution in [1.29, 1.82) is 0 Å². The van der Waals surface area contributed by atoms with Crippen molar-refractivity contribution in [3.05, 3.63) is 40.4 Å². The molecule has 3 rings (SSSR count). The van der Waals surface area contributed by atoms with Crippen LogP contribution in [0.3, 0.4) is 0 Å². The van der Waals surface area contributed by atoms with Crippen molar-refractivity contribution in [3.8, 4) is 0 Å². The number of hydrogen-bond acceptors (Lipinski definition) is 4. The van der Waals surface area contributed by atoms with Crippen molar-refractivity contribution in [2.45, 2.75) is 42.8 Å². The third-order valence-electron chi connectivity index (χ3n) is 3.76. The molecule has 0 aliphatic heterocycles. The minimum Gasteiger partial charge on any atom is -0.393 e. The van der Waals surface area contributed by atoms with Crippen LogP contribution >= 0.6 is 11.8 Å². The molecule has 4 nitrogen and oxygen atoms in total. The van der Waals surface area contributed by atoms with Crippen LogP contribution in [0.4, 0.5) is 0 Å². The number of nitrogens with one attached hydrogen (secondary N) is 1. The number of rotatable bonds is 3. The van der Waals surface area contributed by atoms with E-state index in [4.69, 9.17) is 0 Å². The Kier molecular flexibility index (Phi) is 4.08. The van der Waals surface area contributed by atoms with Crippen LogP contribution in [0.15, 0.2) is 29.1 Å². The first-order chi connectivity index (χ1) is 9.72. The lowest BCUT2D eigenvalue weighted by Gasteiger charge is -2.24. The smallest absolute Gasteiger partial charge is 0.258 e. The molecule has 5 heteroatoms. The number of benzene rings is 1. The van der Waals surface area contributed by atoms with Gasteiger partial charge in [0.2, 0.25) is 0 Å². The standard InChI is InChI=1S/C15H18N2O2S/c18-10-5-7-11(8-6-10)20-9-14-16-13-4-2-1-3-12(13)15(19)17-14/h1-4,10-11,18H,5-9H2,(H,16,17,19). The molecular weight excluding hydrogens is 272 g/mol. The average molecular weight is 290 g/mol. The van der Waals surface area contributed by atoms with E-state index in [2.05, 4.69) is 9.97 Å². The maximum absolute atomic E-state index is 12.0. The SMILES string of the molecule is O=c1[nH]c(CSC2CCC(O)CC2)nc2ccccc12. The number of fused-ring (bicyclic) bond motifs is 1. The maximum atomic E-state index is 12.0. The van der Waals surface area contributed by atoms with Crippen LogP contribution in [0, 0.1) is 0 Å². The second-order valence-corrected chi connectivity index (χ2v) is 6.56. The summed E-state index contributed by atoms with van der Waals surface area (Å²) < 4.78 is 0. The highest BCUT2D eigenvalue weighted by Gasteiger charge is 2.19. The van der Waals surface area contributed by atoms with Gasteiger partial charge in [0.1, 0.15) is 5.82 Å². The number of aliphatic hydroxyl groups excluding tert-OH is 1. The topological polar surface area (TPSA) is 66.0 Å². The van der Waals surface area contributed by atoms with Gasteiger partial charge < -0.3 is 10.1 Å². The number of H-pyrrole nitrogens is 1. The molecule has 1 aromatic heterocycles. The number of hydrogen-bond donors (Lipinski definition) is 2. The molecule has 0 bridgehead atoms. The predicted octanol–water partition coefficient (Wildman–Crippen LogP) is 2.46. The van der Waals surface area contributed by atoms with E-state index < -0.39 is 0 Å². The molecule has 1 aliphatic rings. The van der Waals surface area contributed by atoms with Crippen LogP contribution in [0.2, 0.25) is 0 Å². The summed E-state index contributed by atoms with van der Waals surface area (Å²) in [6, 6.07) is 7.41. The monoisotopic (exact) mass is 290 g/mol. The highest BCUT2D eigenvalue weighted by molar-refractivity contribution is 7.99. The lowest BCUT2D eigenvalue weighted by atomic mass is 9.97. The number of aromatic nitrogens is 2. The molecule has 1 aliphatic carbocycles. The fraction of sp³-hybridized carbons (Fsp3) is 0.467. The van der Waals surface area contributed by atoms with Gasteiger partial charge in [0.25, 0.3) is 5.56 Å². The fourth-order valence-electron chi connectivity index (χ4n) is 2.61. The molecule has 2 N–H and O–H groups in total. The first kappa shape index (κ1) is 13.6. The van der Waals surface area contributed by atoms with Crippen LogP contribution in [0.5, 0.6) is 0 Å². The lowest BCUT2D eigenvalue weighted by molar-refractivity contribution is 0.132. The molecule has 0 unspecified atom stereocenters. The van der Waals surface area contributed by atoms with Gasteiger partial charge in [-0.2, -0.15) is 11.8 Å². The minimum atomic E-state index is -0.120. The van der Waals surface area contributed by atoms with Gasteiger partial charge in [-0.15, -0.1) is 0 Å². The van der Waals surface area contributed by atoms with Gasteiger partial charge in [0, 0.05) is 5.25 Å². The molecule has 1 saturated carbocycles.